The molecule has 2 aliphatic carbocycles. The third kappa shape index (κ3) is 2.17. The molecule has 3 fully saturated rings. The number of carbonyl (C=O) groups excluding carboxylic acids is 1. The Morgan fingerprint density at radius 1 is 1.40 bits per heavy atom. The molecule has 1 spiro atoms. The predicted molar refractivity (Wildman–Crippen MR) is 76.4 cm³/mol. The Bertz CT molecular complexity index is 359. The van der Waals surface area contributed by atoms with E-state index < -0.39 is 0 Å². The second kappa shape index (κ2) is 5.64. The molecule has 0 unspecified atom stereocenters. The summed E-state index contributed by atoms with van der Waals surface area (Å²) < 4.78 is 11.3. The van der Waals surface area contributed by atoms with Gasteiger partial charge in [0.25, 0.3) is 0 Å². The molecule has 3 atom stereocenters. The molecule has 1 aliphatic heterocycles. The topological polar surface area (TPSA) is 38.8 Å². The number of hydrogen-bond donors (Lipinski definition) is 0. The number of ether oxygens (including phenoxy) is 2. The minimum atomic E-state index is 0.0876. The van der Waals surface area contributed by atoms with Gasteiger partial charge in [0, 0.05) is 31.7 Å². The van der Waals surface area contributed by atoms with Gasteiger partial charge in [-0.25, -0.2) is 0 Å². The standard InChI is InChI=1S/C16H27NO3/c1-3-20-14-10-13(16(14)7-4-5-8-16)17(2)15(18)12-6-9-19-11-12/h12-14H,3-11H2,1-2H3/t12-,13-,14-/m1/s1. The van der Waals surface area contributed by atoms with Crippen molar-refractivity contribution in [1.82, 2.24) is 4.90 Å². The van der Waals surface area contributed by atoms with Crippen LogP contribution in [0.25, 0.3) is 0 Å². The molecule has 0 radical (unpaired) electrons. The summed E-state index contributed by atoms with van der Waals surface area (Å²) in [6, 6.07) is 0.384. The molecule has 1 amide bonds. The predicted octanol–water partition coefficient (Wildman–Crippen LogP) is 2.22. The Labute approximate surface area is 121 Å². The molecule has 2 saturated carbocycles. The van der Waals surface area contributed by atoms with Gasteiger partial charge in [-0.05, 0) is 32.6 Å². The minimum Gasteiger partial charge on any atom is -0.381 e. The van der Waals surface area contributed by atoms with Gasteiger partial charge < -0.3 is 14.4 Å². The van der Waals surface area contributed by atoms with Gasteiger partial charge in [0.05, 0.1) is 18.6 Å². The fraction of sp³-hybridized carbons (Fsp3) is 0.938. The van der Waals surface area contributed by atoms with Crippen molar-refractivity contribution in [3.05, 3.63) is 0 Å². The Hall–Kier alpha value is -0.610. The summed E-state index contributed by atoms with van der Waals surface area (Å²) in [7, 11) is 1.99. The molecule has 0 bridgehead atoms. The Kier molecular flexibility index (Phi) is 4.04. The number of nitrogens with zero attached hydrogens (tertiary/aromatic N) is 1. The van der Waals surface area contributed by atoms with Gasteiger partial charge in [-0.1, -0.05) is 12.8 Å². The molecule has 3 aliphatic rings. The van der Waals surface area contributed by atoms with Gasteiger partial charge in [-0.3, -0.25) is 4.79 Å². The summed E-state index contributed by atoms with van der Waals surface area (Å²) in [6.45, 7) is 4.20. The first-order chi connectivity index (χ1) is 9.69. The Morgan fingerprint density at radius 3 is 2.75 bits per heavy atom. The molecule has 1 saturated heterocycles. The number of amides is 1. The van der Waals surface area contributed by atoms with E-state index >= 15 is 0 Å². The lowest BCUT2D eigenvalue weighted by atomic mass is 9.60. The van der Waals surface area contributed by atoms with Crippen LogP contribution in [0.2, 0.25) is 0 Å². The smallest absolute Gasteiger partial charge is 0.228 e. The molecule has 0 N–H and O–H groups in total. The van der Waals surface area contributed by atoms with Crippen molar-refractivity contribution in [3.8, 4) is 0 Å². The summed E-state index contributed by atoms with van der Waals surface area (Å²) in [5.74, 6) is 0.373. The molecule has 3 rings (SSSR count). The van der Waals surface area contributed by atoms with E-state index in [0.717, 1.165) is 26.1 Å². The van der Waals surface area contributed by atoms with Crippen LogP contribution < -0.4 is 0 Å². The molecule has 114 valence electrons. The highest BCUT2D eigenvalue weighted by molar-refractivity contribution is 5.79. The maximum absolute atomic E-state index is 12.6. The van der Waals surface area contributed by atoms with Crippen molar-refractivity contribution in [2.45, 2.75) is 57.6 Å². The zero-order valence-corrected chi connectivity index (χ0v) is 12.8. The van der Waals surface area contributed by atoms with Gasteiger partial charge in [-0.2, -0.15) is 0 Å². The van der Waals surface area contributed by atoms with Crippen LogP contribution in [0.4, 0.5) is 0 Å². The van der Waals surface area contributed by atoms with E-state index in [0.29, 0.717) is 18.8 Å². The second-order valence-electron chi connectivity index (χ2n) is 6.65. The first-order valence-electron chi connectivity index (χ1n) is 8.15. The minimum absolute atomic E-state index is 0.0876. The second-order valence-corrected chi connectivity index (χ2v) is 6.65. The molecule has 1 heterocycles. The quantitative estimate of drug-likeness (QED) is 0.793. The highest BCUT2D eigenvalue weighted by atomic mass is 16.5. The molecule has 0 aromatic rings. The summed E-state index contributed by atoms with van der Waals surface area (Å²) in [4.78, 5) is 14.6. The van der Waals surface area contributed by atoms with Crippen LogP contribution in [0.3, 0.4) is 0 Å². The normalized spacial score (nSPS) is 35.2. The summed E-state index contributed by atoms with van der Waals surface area (Å²) >= 11 is 0. The van der Waals surface area contributed by atoms with Crippen molar-refractivity contribution in [3.63, 3.8) is 0 Å². The fourth-order valence-corrected chi connectivity index (χ4v) is 4.56. The number of hydrogen-bond acceptors (Lipinski definition) is 3. The van der Waals surface area contributed by atoms with E-state index in [4.69, 9.17) is 9.47 Å². The lowest BCUT2D eigenvalue weighted by Crippen LogP contribution is -2.64. The van der Waals surface area contributed by atoms with E-state index in [1.54, 1.807) is 0 Å². The van der Waals surface area contributed by atoms with Crippen molar-refractivity contribution in [2.24, 2.45) is 11.3 Å². The summed E-state index contributed by atoms with van der Waals surface area (Å²) in [5, 5.41) is 0. The first kappa shape index (κ1) is 14.3. The van der Waals surface area contributed by atoms with Crippen molar-refractivity contribution < 1.29 is 14.3 Å². The monoisotopic (exact) mass is 281 g/mol. The van der Waals surface area contributed by atoms with E-state index in [1.807, 2.05) is 11.9 Å². The van der Waals surface area contributed by atoms with Crippen LogP contribution in [-0.2, 0) is 14.3 Å². The van der Waals surface area contributed by atoms with Gasteiger partial charge in [0.15, 0.2) is 0 Å². The zero-order chi connectivity index (χ0) is 14.2. The molecule has 20 heavy (non-hydrogen) atoms. The van der Waals surface area contributed by atoms with Crippen molar-refractivity contribution in [1.29, 1.82) is 0 Å². The molecule has 0 aromatic carbocycles. The van der Waals surface area contributed by atoms with Gasteiger partial charge in [-0.15, -0.1) is 0 Å². The van der Waals surface area contributed by atoms with E-state index in [9.17, 15) is 4.79 Å². The van der Waals surface area contributed by atoms with E-state index in [-0.39, 0.29) is 17.2 Å². The van der Waals surface area contributed by atoms with Crippen molar-refractivity contribution in [2.75, 3.05) is 26.9 Å². The third-order valence-electron chi connectivity index (χ3n) is 5.74. The van der Waals surface area contributed by atoms with Crippen LogP contribution in [-0.4, -0.2) is 49.8 Å². The first-order valence-corrected chi connectivity index (χ1v) is 8.15. The van der Waals surface area contributed by atoms with Crippen LogP contribution in [0.15, 0.2) is 0 Å². The Balaban J connectivity index is 1.68. The molecular formula is C16H27NO3. The zero-order valence-electron chi connectivity index (χ0n) is 12.8. The summed E-state index contributed by atoms with van der Waals surface area (Å²) in [5.41, 5.74) is 0.250. The lowest BCUT2D eigenvalue weighted by Gasteiger charge is -2.57. The van der Waals surface area contributed by atoms with E-state index in [1.165, 1.54) is 25.7 Å². The largest absolute Gasteiger partial charge is 0.381 e. The fourth-order valence-electron chi connectivity index (χ4n) is 4.56. The van der Waals surface area contributed by atoms with Crippen molar-refractivity contribution >= 4 is 5.91 Å². The third-order valence-corrected chi connectivity index (χ3v) is 5.74. The van der Waals surface area contributed by atoms with Crippen LogP contribution in [0.5, 0.6) is 0 Å². The Morgan fingerprint density at radius 2 is 2.15 bits per heavy atom. The molecule has 4 nitrogen and oxygen atoms in total. The molecule has 0 aromatic heterocycles. The number of carbonyl (C=O) groups is 1. The highest BCUT2D eigenvalue weighted by Crippen LogP contribution is 2.56. The maximum Gasteiger partial charge on any atom is 0.228 e. The van der Waals surface area contributed by atoms with Gasteiger partial charge >= 0.3 is 0 Å². The average molecular weight is 281 g/mol. The molecular weight excluding hydrogens is 254 g/mol. The van der Waals surface area contributed by atoms with Gasteiger partial charge in [0.1, 0.15) is 0 Å². The lowest BCUT2D eigenvalue weighted by molar-refractivity contribution is -0.174. The SMILES string of the molecule is CCO[C@@H]1C[C@@H](N(C)C(=O)[C@@H]2CCOC2)C12CCCC2. The maximum atomic E-state index is 12.6. The van der Waals surface area contributed by atoms with Crippen LogP contribution in [0.1, 0.15) is 45.4 Å². The van der Waals surface area contributed by atoms with E-state index in [2.05, 4.69) is 6.92 Å². The van der Waals surface area contributed by atoms with Gasteiger partial charge in [0.2, 0.25) is 5.91 Å². The average Bonchev–Trinajstić information content (AvgIpc) is 3.13. The summed E-state index contributed by atoms with van der Waals surface area (Å²) in [6.07, 6.45) is 7.29. The number of rotatable bonds is 4. The highest BCUT2D eigenvalue weighted by Gasteiger charge is 2.59. The van der Waals surface area contributed by atoms with Crippen LogP contribution >= 0.6 is 0 Å². The molecule has 4 heteroatoms. The van der Waals surface area contributed by atoms with Crippen LogP contribution in [0, 0.1) is 11.3 Å².